The molecular weight excluding hydrogens is 294 g/mol. The first kappa shape index (κ1) is 13.3. The summed E-state index contributed by atoms with van der Waals surface area (Å²) in [5.74, 6) is 0.267. The number of hydrogen-bond acceptors (Lipinski definition) is 2. The van der Waals surface area contributed by atoms with Gasteiger partial charge in [0, 0.05) is 36.2 Å². The van der Waals surface area contributed by atoms with Gasteiger partial charge in [-0.1, -0.05) is 28.1 Å². The number of carbonyl (C=O) groups excluding carboxylic acids is 1. The molecule has 18 heavy (non-hydrogen) atoms. The largest absolute Gasteiger partial charge is 0.396 e. The average molecular weight is 310 g/mol. The molecule has 1 atom stereocenters. The standard InChI is InChI=1S/C14H16BrNO2/c15-13-4-1-11(2-5-13)3-6-14(18)16-8-7-12(9-16)10-17/h1-6,12,17H,7-10H2. The number of benzene rings is 1. The van der Waals surface area contributed by atoms with E-state index in [1.807, 2.05) is 30.3 Å². The second-order valence-corrected chi connectivity index (χ2v) is 5.42. The van der Waals surface area contributed by atoms with Crippen LogP contribution in [0.3, 0.4) is 0 Å². The van der Waals surface area contributed by atoms with E-state index >= 15 is 0 Å². The molecule has 1 aliphatic rings. The molecule has 1 amide bonds. The first-order valence-corrected chi connectivity index (χ1v) is 6.82. The molecule has 96 valence electrons. The Bertz CT molecular complexity index is 442. The molecular formula is C14H16BrNO2. The van der Waals surface area contributed by atoms with Crippen molar-refractivity contribution in [3.8, 4) is 0 Å². The van der Waals surface area contributed by atoms with Crippen LogP contribution in [0, 0.1) is 5.92 Å². The van der Waals surface area contributed by atoms with Crippen LogP contribution >= 0.6 is 15.9 Å². The van der Waals surface area contributed by atoms with E-state index in [1.54, 1.807) is 11.0 Å². The Labute approximate surface area is 115 Å². The highest BCUT2D eigenvalue weighted by Gasteiger charge is 2.23. The third-order valence-electron chi connectivity index (χ3n) is 3.14. The Morgan fingerprint density at radius 3 is 2.78 bits per heavy atom. The van der Waals surface area contributed by atoms with E-state index < -0.39 is 0 Å². The number of hydrogen-bond donors (Lipinski definition) is 1. The third kappa shape index (κ3) is 3.43. The summed E-state index contributed by atoms with van der Waals surface area (Å²) < 4.78 is 1.02. The first-order chi connectivity index (χ1) is 8.69. The zero-order chi connectivity index (χ0) is 13.0. The molecule has 1 N–H and O–H groups in total. The molecule has 0 saturated carbocycles. The van der Waals surface area contributed by atoms with Crippen LogP contribution in [0.2, 0.25) is 0 Å². The summed E-state index contributed by atoms with van der Waals surface area (Å²) >= 11 is 3.37. The lowest BCUT2D eigenvalue weighted by Gasteiger charge is -2.13. The van der Waals surface area contributed by atoms with Crippen LogP contribution in [0.25, 0.3) is 6.08 Å². The number of likely N-dealkylation sites (tertiary alicyclic amines) is 1. The van der Waals surface area contributed by atoms with Crippen molar-refractivity contribution in [2.24, 2.45) is 5.92 Å². The number of amides is 1. The van der Waals surface area contributed by atoms with Crippen molar-refractivity contribution in [2.45, 2.75) is 6.42 Å². The SMILES string of the molecule is O=C(C=Cc1ccc(Br)cc1)N1CCC(CO)C1. The van der Waals surface area contributed by atoms with Gasteiger partial charge in [-0.05, 0) is 30.2 Å². The fourth-order valence-electron chi connectivity index (χ4n) is 2.03. The van der Waals surface area contributed by atoms with Gasteiger partial charge in [0.05, 0.1) is 0 Å². The lowest BCUT2D eigenvalue weighted by atomic mass is 10.1. The Hall–Kier alpha value is -1.13. The number of aliphatic hydroxyl groups is 1. The second-order valence-electron chi connectivity index (χ2n) is 4.51. The molecule has 1 aromatic carbocycles. The lowest BCUT2D eigenvalue weighted by molar-refractivity contribution is -0.125. The van der Waals surface area contributed by atoms with Crippen molar-refractivity contribution in [1.29, 1.82) is 0 Å². The van der Waals surface area contributed by atoms with E-state index in [0.29, 0.717) is 6.54 Å². The van der Waals surface area contributed by atoms with Crippen molar-refractivity contribution < 1.29 is 9.90 Å². The topological polar surface area (TPSA) is 40.5 Å². The normalized spacial score (nSPS) is 19.7. The van der Waals surface area contributed by atoms with Crippen LogP contribution in [0.1, 0.15) is 12.0 Å². The van der Waals surface area contributed by atoms with Gasteiger partial charge in [-0.15, -0.1) is 0 Å². The summed E-state index contributed by atoms with van der Waals surface area (Å²) in [5.41, 5.74) is 1.00. The zero-order valence-electron chi connectivity index (χ0n) is 10.1. The second kappa shape index (κ2) is 6.16. The summed E-state index contributed by atoms with van der Waals surface area (Å²) in [4.78, 5) is 13.7. The summed E-state index contributed by atoms with van der Waals surface area (Å²) in [7, 11) is 0. The number of nitrogens with zero attached hydrogens (tertiary/aromatic N) is 1. The van der Waals surface area contributed by atoms with Gasteiger partial charge >= 0.3 is 0 Å². The van der Waals surface area contributed by atoms with E-state index in [1.165, 1.54) is 0 Å². The summed E-state index contributed by atoms with van der Waals surface area (Å²) in [5, 5.41) is 9.04. The Morgan fingerprint density at radius 1 is 1.44 bits per heavy atom. The molecule has 0 aliphatic carbocycles. The minimum absolute atomic E-state index is 0.0221. The van der Waals surface area contributed by atoms with E-state index in [9.17, 15) is 4.79 Å². The van der Waals surface area contributed by atoms with Crippen molar-refractivity contribution >= 4 is 27.9 Å². The van der Waals surface area contributed by atoms with E-state index in [2.05, 4.69) is 15.9 Å². The predicted octanol–water partition coefficient (Wildman–Crippen LogP) is 2.30. The van der Waals surface area contributed by atoms with Gasteiger partial charge < -0.3 is 10.0 Å². The van der Waals surface area contributed by atoms with Gasteiger partial charge in [-0.3, -0.25) is 4.79 Å². The number of carbonyl (C=O) groups is 1. The van der Waals surface area contributed by atoms with Gasteiger partial charge in [0.1, 0.15) is 0 Å². The minimum atomic E-state index is 0.0221. The third-order valence-corrected chi connectivity index (χ3v) is 3.67. The van der Waals surface area contributed by atoms with Gasteiger partial charge in [0.25, 0.3) is 0 Å². The lowest BCUT2D eigenvalue weighted by Crippen LogP contribution is -2.27. The van der Waals surface area contributed by atoms with Gasteiger partial charge in [0.2, 0.25) is 5.91 Å². The van der Waals surface area contributed by atoms with Crippen LogP contribution in [0.15, 0.2) is 34.8 Å². The van der Waals surface area contributed by atoms with Crippen LogP contribution in [0.5, 0.6) is 0 Å². The molecule has 3 nitrogen and oxygen atoms in total. The summed E-state index contributed by atoms with van der Waals surface area (Å²) in [6.07, 6.45) is 4.32. The minimum Gasteiger partial charge on any atom is -0.396 e. The van der Waals surface area contributed by atoms with E-state index in [0.717, 1.165) is 23.0 Å². The highest BCUT2D eigenvalue weighted by atomic mass is 79.9. The number of aliphatic hydroxyl groups excluding tert-OH is 1. The average Bonchev–Trinajstić information content (AvgIpc) is 2.86. The van der Waals surface area contributed by atoms with Gasteiger partial charge in [-0.25, -0.2) is 0 Å². The fourth-order valence-corrected chi connectivity index (χ4v) is 2.29. The van der Waals surface area contributed by atoms with E-state index in [-0.39, 0.29) is 18.4 Å². The summed E-state index contributed by atoms with van der Waals surface area (Å²) in [6, 6.07) is 7.80. The van der Waals surface area contributed by atoms with Gasteiger partial charge in [0.15, 0.2) is 0 Å². The molecule has 2 rings (SSSR count). The molecule has 0 aromatic heterocycles. The molecule has 4 heteroatoms. The molecule has 1 fully saturated rings. The quantitative estimate of drug-likeness (QED) is 0.870. The van der Waals surface area contributed by atoms with Crippen molar-refractivity contribution in [2.75, 3.05) is 19.7 Å². The molecule has 1 aromatic rings. The van der Waals surface area contributed by atoms with E-state index in [4.69, 9.17) is 5.11 Å². The fraction of sp³-hybridized carbons (Fsp3) is 0.357. The maximum absolute atomic E-state index is 11.9. The maximum atomic E-state index is 11.9. The Kier molecular flexibility index (Phi) is 4.55. The first-order valence-electron chi connectivity index (χ1n) is 6.02. The van der Waals surface area contributed by atoms with Gasteiger partial charge in [-0.2, -0.15) is 0 Å². The Balaban J connectivity index is 1.93. The highest BCUT2D eigenvalue weighted by Crippen LogP contribution is 2.16. The van der Waals surface area contributed by atoms with Crippen LogP contribution < -0.4 is 0 Å². The summed E-state index contributed by atoms with van der Waals surface area (Å²) in [6.45, 7) is 1.58. The van der Waals surface area contributed by atoms with Crippen molar-refractivity contribution in [1.82, 2.24) is 4.90 Å². The maximum Gasteiger partial charge on any atom is 0.246 e. The van der Waals surface area contributed by atoms with Crippen LogP contribution in [-0.4, -0.2) is 35.6 Å². The molecule has 1 saturated heterocycles. The molecule has 0 bridgehead atoms. The Morgan fingerprint density at radius 2 is 2.17 bits per heavy atom. The number of halogens is 1. The monoisotopic (exact) mass is 309 g/mol. The number of rotatable bonds is 3. The smallest absolute Gasteiger partial charge is 0.246 e. The highest BCUT2D eigenvalue weighted by molar-refractivity contribution is 9.10. The van der Waals surface area contributed by atoms with Crippen LogP contribution in [-0.2, 0) is 4.79 Å². The van der Waals surface area contributed by atoms with Crippen molar-refractivity contribution in [3.05, 3.63) is 40.4 Å². The van der Waals surface area contributed by atoms with Crippen LogP contribution in [0.4, 0.5) is 0 Å². The predicted molar refractivity (Wildman–Crippen MR) is 74.9 cm³/mol. The molecule has 0 spiro atoms. The molecule has 1 aliphatic heterocycles. The molecule has 1 heterocycles. The molecule has 1 unspecified atom stereocenters. The zero-order valence-corrected chi connectivity index (χ0v) is 11.6. The van der Waals surface area contributed by atoms with Crippen molar-refractivity contribution in [3.63, 3.8) is 0 Å². The molecule has 0 radical (unpaired) electrons.